The first-order valence-electron chi connectivity index (χ1n) is 13.1. The Morgan fingerprint density at radius 2 is 1.35 bits per heavy atom. The van der Waals surface area contributed by atoms with Crippen LogP contribution in [0.3, 0.4) is 0 Å². The van der Waals surface area contributed by atoms with Gasteiger partial charge in [-0.15, -0.1) is 0 Å². The van der Waals surface area contributed by atoms with E-state index in [0.29, 0.717) is 16.5 Å². The predicted octanol–water partition coefficient (Wildman–Crippen LogP) is 4.95. The van der Waals surface area contributed by atoms with Crippen molar-refractivity contribution in [3.8, 4) is 0 Å². The molecule has 3 aromatic rings. The summed E-state index contributed by atoms with van der Waals surface area (Å²) in [4.78, 5) is 33.3. The first-order valence-corrected chi connectivity index (χ1v) is 13.5. The number of nitrogens with zero attached hydrogens (tertiary/aromatic N) is 3. The molecule has 5 nitrogen and oxygen atoms in total. The van der Waals surface area contributed by atoms with Gasteiger partial charge < -0.3 is 9.80 Å². The second-order valence-corrected chi connectivity index (χ2v) is 10.8. The molecule has 2 saturated heterocycles. The molecule has 1 atom stereocenters. The van der Waals surface area contributed by atoms with E-state index < -0.39 is 5.41 Å². The highest BCUT2D eigenvalue weighted by molar-refractivity contribution is 6.30. The monoisotopic (exact) mass is 515 g/mol. The van der Waals surface area contributed by atoms with Crippen LogP contribution in [-0.2, 0) is 10.2 Å². The van der Waals surface area contributed by atoms with Gasteiger partial charge in [-0.1, -0.05) is 72.3 Å². The van der Waals surface area contributed by atoms with E-state index in [4.69, 9.17) is 11.6 Å². The molecule has 0 aromatic heterocycles. The van der Waals surface area contributed by atoms with E-state index >= 15 is 0 Å². The molecule has 2 fully saturated rings. The number of likely N-dealkylation sites (tertiary alicyclic amines) is 1. The quantitative estimate of drug-likeness (QED) is 0.466. The largest absolute Gasteiger partial charge is 0.341 e. The van der Waals surface area contributed by atoms with Crippen LogP contribution in [0, 0.1) is 5.92 Å². The molecular formula is C31H34ClN3O2. The summed E-state index contributed by atoms with van der Waals surface area (Å²) in [7, 11) is 0. The van der Waals surface area contributed by atoms with Gasteiger partial charge in [-0.25, -0.2) is 0 Å². The number of hydrogen-bond acceptors (Lipinski definition) is 3. The number of rotatable bonds is 6. The first kappa shape index (κ1) is 25.5. The zero-order valence-electron chi connectivity index (χ0n) is 21.4. The summed E-state index contributed by atoms with van der Waals surface area (Å²) in [5, 5.41) is 0.637. The molecule has 2 aliphatic rings. The summed E-state index contributed by atoms with van der Waals surface area (Å²) in [6.07, 6.45) is 1.01. The Morgan fingerprint density at radius 3 is 1.92 bits per heavy atom. The van der Waals surface area contributed by atoms with E-state index in [2.05, 4.69) is 41.0 Å². The van der Waals surface area contributed by atoms with Crippen molar-refractivity contribution < 1.29 is 9.59 Å². The molecule has 0 bridgehead atoms. The molecule has 5 rings (SSSR count). The lowest BCUT2D eigenvalue weighted by molar-refractivity contribution is -0.134. The van der Waals surface area contributed by atoms with Crippen LogP contribution in [0.1, 0.15) is 34.8 Å². The molecule has 192 valence electrons. The molecule has 0 radical (unpaired) electrons. The van der Waals surface area contributed by atoms with Gasteiger partial charge in [0.1, 0.15) is 0 Å². The van der Waals surface area contributed by atoms with E-state index in [-0.39, 0.29) is 11.8 Å². The van der Waals surface area contributed by atoms with Gasteiger partial charge in [0.2, 0.25) is 5.91 Å². The predicted molar refractivity (Wildman–Crippen MR) is 148 cm³/mol. The van der Waals surface area contributed by atoms with Crippen molar-refractivity contribution in [3.05, 3.63) is 107 Å². The molecule has 0 aliphatic carbocycles. The van der Waals surface area contributed by atoms with Crippen molar-refractivity contribution in [1.29, 1.82) is 0 Å². The fraction of sp³-hybridized carbons (Fsp3) is 0.355. The summed E-state index contributed by atoms with van der Waals surface area (Å²) in [5.74, 6) is 0.680. The standard InChI is InChI=1S/C31H34ClN3O2/c1-31(26-8-4-2-5-9-26,27-10-6-3-7-11-27)30(37)35-17-16-24(23-35)22-33-18-20-34(21-19-33)29(36)25-12-14-28(32)15-13-25/h2-15,24H,16-23H2,1H3. The Bertz CT molecular complexity index is 1170. The summed E-state index contributed by atoms with van der Waals surface area (Å²) in [6.45, 7) is 7.73. The first-order chi connectivity index (χ1) is 17.9. The fourth-order valence-electron chi connectivity index (χ4n) is 5.71. The van der Waals surface area contributed by atoms with Crippen LogP contribution >= 0.6 is 11.6 Å². The molecule has 2 aliphatic heterocycles. The minimum Gasteiger partial charge on any atom is -0.341 e. The number of amides is 2. The molecule has 3 aromatic carbocycles. The van der Waals surface area contributed by atoms with E-state index in [1.807, 2.05) is 41.3 Å². The highest BCUT2D eigenvalue weighted by Crippen LogP contribution is 2.35. The van der Waals surface area contributed by atoms with Crippen LogP contribution in [0.25, 0.3) is 0 Å². The molecule has 0 N–H and O–H groups in total. The third-order valence-electron chi connectivity index (χ3n) is 7.97. The average Bonchev–Trinajstić information content (AvgIpc) is 3.42. The minimum atomic E-state index is -0.717. The molecule has 0 saturated carbocycles. The van der Waals surface area contributed by atoms with E-state index in [1.54, 1.807) is 24.3 Å². The number of carbonyl (C=O) groups is 2. The number of halogens is 1. The number of benzene rings is 3. The van der Waals surface area contributed by atoms with Crippen LogP contribution < -0.4 is 0 Å². The van der Waals surface area contributed by atoms with Gasteiger partial charge in [-0.05, 0) is 54.7 Å². The van der Waals surface area contributed by atoms with Crippen molar-refractivity contribution in [2.75, 3.05) is 45.8 Å². The zero-order valence-corrected chi connectivity index (χ0v) is 22.1. The Kier molecular flexibility index (Phi) is 7.63. The van der Waals surface area contributed by atoms with E-state index in [9.17, 15) is 9.59 Å². The second-order valence-electron chi connectivity index (χ2n) is 10.4. The van der Waals surface area contributed by atoms with Crippen molar-refractivity contribution in [1.82, 2.24) is 14.7 Å². The van der Waals surface area contributed by atoms with Gasteiger partial charge in [0.25, 0.3) is 5.91 Å². The highest BCUT2D eigenvalue weighted by atomic mass is 35.5. The maximum absolute atomic E-state index is 14.0. The highest BCUT2D eigenvalue weighted by Gasteiger charge is 2.42. The third-order valence-corrected chi connectivity index (χ3v) is 8.22. The van der Waals surface area contributed by atoms with Crippen molar-refractivity contribution in [2.45, 2.75) is 18.8 Å². The molecule has 6 heteroatoms. The van der Waals surface area contributed by atoms with E-state index in [1.165, 1.54) is 0 Å². The molecular weight excluding hydrogens is 482 g/mol. The maximum atomic E-state index is 14.0. The van der Waals surface area contributed by atoms with Gasteiger partial charge in [-0.3, -0.25) is 14.5 Å². The topological polar surface area (TPSA) is 43.9 Å². The SMILES string of the molecule is CC(C(=O)N1CCC(CN2CCN(C(=O)c3ccc(Cl)cc3)CC2)C1)(c1ccccc1)c1ccccc1. The smallest absolute Gasteiger partial charge is 0.253 e. The van der Waals surface area contributed by atoms with Crippen LogP contribution in [0.15, 0.2) is 84.9 Å². The zero-order chi connectivity index (χ0) is 25.8. The Balaban J connectivity index is 1.19. The van der Waals surface area contributed by atoms with Gasteiger partial charge in [0.15, 0.2) is 0 Å². The van der Waals surface area contributed by atoms with Gasteiger partial charge in [0, 0.05) is 56.4 Å². The second kappa shape index (κ2) is 11.1. The van der Waals surface area contributed by atoms with Crippen LogP contribution in [0.2, 0.25) is 5.02 Å². The van der Waals surface area contributed by atoms with Crippen LogP contribution in [-0.4, -0.2) is 72.3 Å². The summed E-state index contributed by atoms with van der Waals surface area (Å²) < 4.78 is 0. The van der Waals surface area contributed by atoms with Crippen LogP contribution in [0.5, 0.6) is 0 Å². The van der Waals surface area contributed by atoms with Gasteiger partial charge >= 0.3 is 0 Å². The lowest BCUT2D eigenvalue weighted by Gasteiger charge is -2.36. The summed E-state index contributed by atoms with van der Waals surface area (Å²) in [5.41, 5.74) is 2.01. The fourth-order valence-corrected chi connectivity index (χ4v) is 5.84. The van der Waals surface area contributed by atoms with Gasteiger partial charge in [-0.2, -0.15) is 0 Å². The Morgan fingerprint density at radius 1 is 0.784 bits per heavy atom. The third kappa shape index (κ3) is 5.43. The van der Waals surface area contributed by atoms with Crippen molar-refractivity contribution in [3.63, 3.8) is 0 Å². The number of hydrogen-bond donors (Lipinski definition) is 0. The van der Waals surface area contributed by atoms with E-state index in [0.717, 1.165) is 63.4 Å². The number of piperazine rings is 1. The molecule has 2 heterocycles. The molecule has 37 heavy (non-hydrogen) atoms. The Hall–Kier alpha value is -3.15. The molecule has 0 spiro atoms. The average molecular weight is 516 g/mol. The Labute approximate surface area is 224 Å². The van der Waals surface area contributed by atoms with Gasteiger partial charge in [0.05, 0.1) is 5.41 Å². The minimum absolute atomic E-state index is 0.0649. The summed E-state index contributed by atoms with van der Waals surface area (Å²) >= 11 is 5.96. The lowest BCUT2D eigenvalue weighted by Crippen LogP contribution is -2.50. The summed E-state index contributed by atoms with van der Waals surface area (Å²) in [6, 6.07) is 27.4. The normalized spacial score (nSPS) is 18.7. The number of carbonyl (C=O) groups excluding carboxylic acids is 2. The molecule has 1 unspecified atom stereocenters. The van der Waals surface area contributed by atoms with Crippen molar-refractivity contribution >= 4 is 23.4 Å². The molecule has 2 amide bonds. The maximum Gasteiger partial charge on any atom is 0.253 e. The lowest BCUT2D eigenvalue weighted by atomic mass is 9.75. The van der Waals surface area contributed by atoms with Crippen LogP contribution in [0.4, 0.5) is 0 Å². The van der Waals surface area contributed by atoms with Crippen molar-refractivity contribution in [2.24, 2.45) is 5.92 Å².